The van der Waals surface area contributed by atoms with Crippen LogP contribution in [0.4, 0.5) is 0 Å². The van der Waals surface area contributed by atoms with Crippen molar-refractivity contribution in [1.29, 1.82) is 0 Å². The number of carbonyl (C=O) groups is 1. The van der Waals surface area contributed by atoms with Crippen molar-refractivity contribution in [3.8, 4) is 5.75 Å². The van der Waals surface area contributed by atoms with Crippen LogP contribution in [0.15, 0.2) is 59.5 Å². The zero-order valence-electron chi connectivity index (χ0n) is 14.1. The Kier molecular flexibility index (Phi) is 4.78. The minimum Gasteiger partial charge on any atom is -0.497 e. The number of methoxy groups -OCH3 is 1. The van der Waals surface area contributed by atoms with Crippen molar-refractivity contribution in [2.45, 2.75) is 18.0 Å². The summed E-state index contributed by atoms with van der Waals surface area (Å²) in [5.74, 6) is 0.514. The van der Waals surface area contributed by atoms with E-state index >= 15 is 0 Å². The molecule has 1 amide bonds. The number of sulfonamides is 1. The van der Waals surface area contributed by atoms with Crippen LogP contribution in [0, 0.1) is 0 Å². The Hall–Kier alpha value is -2.38. The Balaban J connectivity index is 2.04. The first-order chi connectivity index (χ1) is 11.9. The van der Waals surface area contributed by atoms with Crippen molar-refractivity contribution in [1.82, 2.24) is 9.21 Å². The van der Waals surface area contributed by atoms with Crippen molar-refractivity contribution in [3.63, 3.8) is 0 Å². The molecule has 0 spiro atoms. The van der Waals surface area contributed by atoms with Crippen molar-refractivity contribution in [2.75, 3.05) is 20.2 Å². The zero-order valence-corrected chi connectivity index (χ0v) is 14.9. The fraction of sp³-hybridized carbons (Fsp3) is 0.278. The smallest absolute Gasteiger partial charge is 0.245 e. The van der Waals surface area contributed by atoms with Crippen molar-refractivity contribution >= 4 is 15.9 Å². The topological polar surface area (TPSA) is 66.9 Å². The van der Waals surface area contributed by atoms with Crippen LogP contribution >= 0.6 is 0 Å². The maximum atomic E-state index is 13.1. The van der Waals surface area contributed by atoms with Crippen molar-refractivity contribution < 1.29 is 17.9 Å². The monoisotopic (exact) mass is 360 g/mol. The number of ether oxygens (including phenoxy) is 1. The SMILES string of the molecule is COc1ccc([C@H]2N(C(C)=O)CCN2S(=O)(=O)c2ccccc2)cc1. The summed E-state index contributed by atoms with van der Waals surface area (Å²) in [5.41, 5.74) is 0.730. The molecule has 0 radical (unpaired) electrons. The zero-order chi connectivity index (χ0) is 18.0. The molecule has 0 saturated carbocycles. The van der Waals surface area contributed by atoms with Crippen LogP contribution < -0.4 is 4.74 Å². The van der Waals surface area contributed by atoms with E-state index in [-0.39, 0.29) is 17.3 Å². The van der Waals surface area contributed by atoms with Gasteiger partial charge in [-0.15, -0.1) is 0 Å². The summed E-state index contributed by atoms with van der Waals surface area (Å²) in [4.78, 5) is 13.8. The molecule has 1 aliphatic rings. The van der Waals surface area contributed by atoms with Gasteiger partial charge in [0.25, 0.3) is 0 Å². The molecular weight excluding hydrogens is 340 g/mol. The van der Waals surface area contributed by atoms with Crippen LogP contribution in [0.5, 0.6) is 5.75 Å². The predicted octanol–water partition coefficient (Wildman–Crippen LogP) is 2.25. The van der Waals surface area contributed by atoms with Gasteiger partial charge in [0.15, 0.2) is 0 Å². The van der Waals surface area contributed by atoms with Gasteiger partial charge in [-0.2, -0.15) is 4.31 Å². The summed E-state index contributed by atoms with van der Waals surface area (Å²) in [6, 6.07) is 15.4. The average Bonchev–Trinajstić information content (AvgIpc) is 3.09. The first kappa shape index (κ1) is 17.4. The second kappa shape index (κ2) is 6.85. The maximum Gasteiger partial charge on any atom is 0.245 e. The van der Waals surface area contributed by atoms with E-state index in [1.165, 1.54) is 11.2 Å². The number of carbonyl (C=O) groups excluding carboxylic acids is 1. The van der Waals surface area contributed by atoms with Gasteiger partial charge in [-0.25, -0.2) is 8.42 Å². The highest BCUT2D eigenvalue weighted by Crippen LogP contribution is 2.35. The molecule has 25 heavy (non-hydrogen) atoms. The first-order valence-corrected chi connectivity index (χ1v) is 9.37. The summed E-state index contributed by atoms with van der Waals surface area (Å²) in [5, 5.41) is 0. The number of hydrogen-bond acceptors (Lipinski definition) is 4. The van der Waals surface area contributed by atoms with Crippen LogP contribution in [0.3, 0.4) is 0 Å². The summed E-state index contributed by atoms with van der Waals surface area (Å²) in [6.07, 6.45) is -0.659. The van der Waals surface area contributed by atoms with Crippen LogP contribution in [-0.2, 0) is 14.8 Å². The molecular formula is C18H20N2O4S. The molecule has 0 N–H and O–H groups in total. The molecule has 1 fully saturated rings. The van der Waals surface area contributed by atoms with Gasteiger partial charge in [0.2, 0.25) is 15.9 Å². The van der Waals surface area contributed by atoms with Gasteiger partial charge >= 0.3 is 0 Å². The van der Waals surface area contributed by atoms with Crippen LogP contribution in [0.25, 0.3) is 0 Å². The number of benzene rings is 2. The second-order valence-electron chi connectivity index (χ2n) is 5.79. The van der Waals surface area contributed by atoms with E-state index in [1.54, 1.807) is 66.6 Å². The number of rotatable bonds is 4. The van der Waals surface area contributed by atoms with E-state index in [0.29, 0.717) is 12.3 Å². The van der Waals surface area contributed by atoms with Crippen LogP contribution in [0.1, 0.15) is 18.7 Å². The fourth-order valence-corrected chi connectivity index (χ4v) is 4.63. The Labute approximate surface area is 147 Å². The Morgan fingerprint density at radius 3 is 2.24 bits per heavy atom. The van der Waals surface area contributed by atoms with Gasteiger partial charge in [-0.1, -0.05) is 30.3 Å². The minimum absolute atomic E-state index is 0.161. The Morgan fingerprint density at radius 1 is 1.04 bits per heavy atom. The van der Waals surface area contributed by atoms with Crippen LogP contribution in [-0.4, -0.2) is 43.7 Å². The molecule has 1 heterocycles. The van der Waals surface area contributed by atoms with E-state index in [9.17, 15) is 13.2 Å². The third kappa shape index (κ3) is 3.25. The fourth-order valence-electron chi connectivity index (χ4n) is 3.04. The molecule has 2 aromatic carbocycles. The third-order valence-corrected chi connectivity index (χ3v) is 6.17. The van der Waals surface area contributed by atoms with Gasteiger partial charge in [0.05, 0.1) is 12.0 Å². The lowest BCUT2D eigenvalue weighted by Gasteiger charge is -2.29. The van der Waals surface area contributed by atoms with Gasteiger partial charge in [-0.3, -0.25) is 4.79 Å². The molecule has 0 unspecified atom stereocenters. The summed E-state index contributed by atoms with van der Waals surface area (Å²) >= 11 is 0. The lowest BCUT2D eigenvalue weighted by molar-refractivity contribution is -0.130. The minimum atomic E-state index is -3.71. The van der Waals surface area contributed by atoms with Gasteiger partial charge in [0.1, 0.15) is 11.9 Å². The van der Waals surface area contributed by atoms with Gasteiger partial charge in [0, 0.05) is 20.0 Å². The maximum absolute atomic E-state index is 13.1. The van der Waals surface area contributed by atoms with Gasteiger partial charge < -0.3 is 9.64 Å². The molecule has 7 heteroatoms. The summed E-state index contributed by atoms with van der Waals surface area (Å²) < 4.78 is 32.7. The quantitative estimate of drug-likeness (QED) is 0.839. The van der Waals surface area contributed by atoms with E-state index < -0.39 is 16.2 Å². The number of nitrogens with zero attached hydrogens (tertiary/aromatic N) is 2. The summed E-state index contributed by atoms with van der Waals surface area (Å²) in [6.45, 7) is 2.07. The molecule has 0 bridgehead atoms. The largest absolute Gasteiger partial charge is 0.497 e. The average molecular weight is 360 g/mol. The lowest BCUT2D eigenvalue weighted by atomic mass is 10.1. The second-order valence-corrected chi connectivity index (χ2v) is 7.68. The standard InChI is InChI=1S/C18H20N2O4S/c1-14(21)19-12-13-20(25(22,23)17-6-4-3-5-7-17)18(19)15-8-10-16(24-2)11-9-15/h3-11,18H,12-13H2,1-2H3/t18-/m0/s1. The highest BCUT2D eigenvalue weighted by Gasteiger charge is 2.42. The molecule has 6 nitrogen and oxygen atoms in total. The molecule has 1 aliphatic heterocycles. The highest BCUT2D eigenvalue weighted by atomic mass is 32.2. The normalized spacial score (nSPS) is 18.3. The van der Waals surface area contributed by atoms with E-state index in [2.05, 4.69) is 0 Å². The molecule has 1 atom stereocenters. The summed E-state index contributed by atoms with van der Waals surface area (Å²) in [7, 11) is -2.14. The number of hydrogen-bond donors (Lipinski definition) is 0. The predicted molar refractivity (Wildman–Crippen MR) is 93.5 cm³/mol. The molecule has 3 rings (SSSR count). The molecule has 1 saturated heterocycles. The van der Waals surface area contributed by atoms with Crippen LogP contribution in [0.2, 0.25) is 0 Å². The first-order valence-electron chi connectivity index (χ1n) is 7.93. The Morgan fingerprint density at radius 2 is 1.68 bits per heavy atom. The third-order valence-electron chi connectivity index (χ3n) is 4.30. The van der Waals surface area contributed by atoms with Gasteiger partial charge in [-0.05, 0) is 29.8 Å². The highest BCUT2D eigenvalue weighted by molar-refractivity contribution is 7.89. The molecule has 0 aliphatic carbocycles. The molecule has 2 aromatic rings. The number of amides is 1. The lowest BCUT2D eigenvalue weighted by Crippen LogP contribution is -2.37. The Bertz CT molecular complexity index is 850. The van der Waals surface area contributed by atoms with E-state index in [1.807, 2.05) is 0 Å². The van der Waals surface area contributed by atoms with E-state index in [4.69, 9.17) is 4.74 Å². The van der Waals surface area contributed by atoms with Crippen molar-refractivity contribution in [3.05, 3.63) is 60.2 Å². The van der Waals surface area contributed by atoms with E-state index in [0.717, 1.165) is 5.56 Å². The van der Waals surface area contributed by atoms with Crippen molar-refractivity contribution in [2.24, 2.45) is 0 Å². The molecule has 0 aromatic heterocycles. The molecule has 132 valence electrons.